The van der Waals surface area contributed by atoms with Crippen molar-refractivity contribution in [3.8, 4) is 17.2 Å². The van der Waals surface area contributed by atoms with Gasteiger partial charge >= 0.3 is 0 Å². The van der Waals surface area contributed by atoms with Crippen LogP contribution in [0.2, 0.25) is 13.1 Å². The Morgan fingerprint density at radius 2 is 1.10 bits per heavy atom. The fraction of sp³-hybridized carbons (Fsp3) is 0.0741. The van der Waals surface area contributed by atoms with E-state index in [0.29, 0.717) is 5.56 Å². The van der Waals surface area contributed by atoms with E-state index in [1.165, 1.54) is 21.7 Å². The first-order valence-corrected chi connectivity index (χ1v) is 13.2. The maximum absolute atomic E-state index is 9.02. The molecule has 0 saturated carbocycles. The van der Waals surface area contributed by atoms with E-state index in [9.17, 15) is 0 Å². The van der Waals surface area contributed by atoms with Crippen LogP contribution in [0.3, 0.4) is 0 Å². The monoisotopic (exact) mass is 402 g/mol. The molecule has 1 aliphatic rings. The van der Waals surface area contributed by atoms with Gasteiger partial charge in [-0.05, 0) is 57.9 Å². The second-order valence-corrected chi connectivity index (χ2v) is 12.6. The molecule has 0 aromatic heterocycles. The second-order valence-electron chi connectivity index (χ2n) is 8.23. The molecule has 0 aliphatic carbocycles. The number of hydrogen-bond acceptors (Lipinski definition) is 2. The van der Waals surface area contributed by atoms with Gasteiger partial charge in [-0.2, -0.15) is 5.26 Å². The van der Waals surface area contributed by atoms with Crippen LogP contribution in [0.25, 0.3) is 11.1 Å². The van der Waals surface area contributed by atoms with Crippen molar-refractivity contribution < 1.29 is 0 Å². The molecule has 0 atom stereocenters. The molecular weight excluding hydrogens is 380 g/mol. The predicted octanol–water partition coefficient (Wildman–Crippen LogP) is 5.83. The fourth-order valence-corrected chi connectivity index (χ4v) is 7.47. The Bertz CT molecular complexity index is 1220. The zero-order valence-electron chi connectivity index (χ0n) is 17.1. The third-order valence-corrected chi connectivity index (χ3v) is 9.65. The van der Waals surface area contributed by atoms with Crippen LogP contribution >= 0.6 is 0 Å². The number of anilines is 3. The summed E-state index contributed by atoms with van der Waals surface area (Å²) in [5.41, 5.74) is 6.70. The van der Waals surface area contributed by atoms with Gasteiger partial charge in [0.2, 0.25) is 0 Å². The lowest BCUT2D eigenvalue weighted by Gasteiger charge is -2.41. The molecule has 0 saturated heterocycles. The normalized spacial score (nSPS) is 13.8. The summed E-state index contributed by atoms with van der Waals surface area (Å²) in [5, 5.41) is 12.0. The van der Waals surface area contributed by atoms with E-state index < -0.39 is 8.07 Å². The number of nitriles is 1. The largest absolute Gasteiger partial charge is 0.311 e. The van der Waals surface area contributed by atoms with Crippen LogP contribution in [0.5, 0.6) is 0 Å². The Morgan fingerprint density at radius 1 is 0.633 bits per heavy atom. The number of rotatable bonds is 2. The minimum absolute atomic E-state index is 0.684. The molecule has 5 rings (SSSR count). The van der Waals surface area contributed by atoms with Crippen molar-refractivity contribution in [2.75, 3.05) is 4.90 Å². The summed E-state index contributed by atoms with van der Waals surface area (Å²) >= 11 is 0. The first-order chi connectivity index (χ1) is 14.6. The molecule has 0 fully saturated rings. The Balaban J connectivity index is 1.61. The van der Waals surface area contributed by atoms with Crippen molar-refractivity contribution in [1.82, 2.24) is 0 Å². The van der Waals surface area contributed by atoms with Crippen LogP contribution in [0.4, 0.5) is 17.1 Å². The van der Waals surface area contributed by atoms with Gasteiger partial charge in [-0.3, -0.25) is 0 Å². The average Bonchev–Trinajstić information content (AvgIpc) is 2.80. The lowest BCUT2D eigenvalue weighted by atomic mass is 10.0. The van der Waals surface area contributed by atoms with E-state index in [-0.39, 0.29) is 0 Å². The van der Waals surface area contributed by atoms with Gasteiger partial charge in [-0.15, -0.1) is 0 Å². The zero-order chi connectivity index (χ0) is 20.7. The van der Waals surface area contributed by atoms with Crippen LogP contribution in [-0.4, -0.2) is 8.07 Å². The first kappa shape index (κ1) is 18.4. The van der Waals surface area contributed by atoms with Gasteiger partial charge in [0.1, 0.15) is 8.07 Å². The lowest BCUT2D eigenvalue weighted by molar-refractivity contribution is 1.29. The highest BCUT2D eigenvalue weighted by Gasteiger charge is 2.37. The van der Waals surface area contributed by atoms with Crippen LogP contribution < -0.4 is 15.3 Å². The summed E-state index contributed by atoms with van der Waals surface area (Å²) in [7, 11) is -1.75. The molecule has 30 heavy (non-hydrogen) atoms. The highest BCUT2D eigenvalue weighted by atomic mass is 28.3. The van der Waals surface area contributed by atoms with E-state index in [2.05, 4.69) is 96.9 Å². The molecule has 0 N–H and O–H groups in total. The molecule has 4 aromatic carbocycles. The summed E-state index contributed by atoms with van der Waals surface area (Å²) < 4.78 is 0. The molecule has 3 heteroatoms. The minimum atomic E-state index is -1.75. The molecule has 4 aromatic rings. The Kier molecular flexibility index (Phi) is 4.31. The molecular formula is C27H22N2Si. The summed E-state index contributed by atoms with van der Waals surface area (Å²) in [6.45, 7) is 4.88. The van der Waals surface area contributed by atoms with E-state index in [1.54, 1.807) is 0 Å². The molecule has 2 nitrogen and oxygen atoms in total. The summed E-state index contributed by atoms with van der Waals surface area (Å²) in [5.74, 6) is 0. The van der Waals surface area contributed by atoms with Crippen molar-refractivity contribution in [2.24, 2.45) is 0 Å². The van der Waals surface area contributed by atoms with Crippen LogP contribution in [0, 0.1) is 11.3 Å². The van der Waals surface area contributed by atoms with Crippen molar-refractivity contribution in [1.29, 1.82) is 5.26 Å². The van der Waals surface area contributed by atoms with Gasteiger partial charge in [0, 0.05) is 17.1 Å². The number of para-hydroxylation sites is 2. The maximum Gasteiger partial charge on any atom is 0.117 e. The van der Waals surface area contributed by atoms with Crippen LogP contribution in [0.15, 0.2) is 97.1 Å². The van der Waals surface area contributed by atoms with Crippen LogP contribution in [-0.2, 0) is 0 Å². The molecule has 144 valence electrons. The highest BCUT2D eigenvalue weighted by molar-refractivity contribution is 7.02. The first-order valence-electron chi connectivity index (χ1n) is 10.2. The maximum atomic E-state index is 9.02. The molecule has 1 heterocycles. The van der Waals surface area contributed by atoms with Crippen molar-refractivity contribution in [2.45, 2.75) is 13.1 Å². The SMILES string of the molecule is C[Si]1(C)c2ccccc2N(c2ccc(-c3ccc(C#N)cc3)cc2)c2ccccc21. The van der Waals surface area contributed by atoms with Gasteiger partial charge in [-0.25, -0.2) is 0 Å². The summed E-state index contributed by atoms with van der Waals surface area (Å²) in [6.07, 6.45) is 0. The highest BCUT2D eigenvalue weighted by Crippen LogP contribution is 2.38. The number of nitrogens with zero attached hydrogens (tertiary/aromatic N) is 2. The van der Waals surface area contributed by atoms with Crippen molar-refractivity contribution in [3.63, 3.8) is 0 Å². The second kappa shape index (κ2) is 7.02. The minimum Gasteiger partial charge on any atom is -0.311 e. The smallest absolute Gasteiger partial charge is 0.117 e. The summed E-state index contributed by atoms with van der Waals surface area (Å²) in [6, 6.07) is 36.3. The van der Waals surface area contributed by atoms with E-state index in [4.69, 9.17) is 5.26 Å². The summed E-state index contributed by atoms with van der Waals surface area (Å²) in [4.78, 5) is 2.39. The average molecular weight is 403 g/mol. The Labute approximate surface area is 178 Å². The molecule has 0 spiro atoms. The van der Waals surface area contributed by atoms with E-state index in [1.807, 2.05) is 24.3 Å². The lowest BCUT2D eigenvalue weighted by Crippen LogP contribution is -2.58. The number of benzene rings is 4. The van der Waals surface area contributed by atoms with Gasteiger partial charge < -0.3 is 4.90 Å². The van der Waals surface area contributed by atoms with Crippen molar-refractivity contribution >= 4 is 35.5 Å². The van der Waals surface area contributed by atoms with E-state index in [0.717, 1.165) is 16.8 Å². The standard InChI is InChI=1S/C27H22N2Si/c1-30(2)26-9-5-3-7-24(26)29(25-8-4-6-10-27(25)30)23-17-15-22(16-18-23)21-13-11-20(19-28)12-14-21/h3-18H,1-2H3. The topological polar surface area (TPSA) is 27.0 Å². The van der Waals surface area contributed by atoms with Gasteiger partial charge in [0.25, 0.3) is 0 Å². The van der Waals surface area contributed by atoms with Gasteiger partial charge in [0.15, 0.2) is 0 Å². The van der Waals surface area contributed by atoms with Crippen LogP contribution in [0.1, 0.15) is 5.56 Å². The molecule has 0 amide bonds. The third-order valence-electron chi connectivity index (χ3n) is 6.11. The number of hydrogen-bond donors (Lipinski definition) is 0. The molecule has 1 aliphatic heterocycles. The quantitative estimate of drug-likeness (QED) is 0.394. The van der Waals surface area contributed by atoms with Gasteiger partial charge in [-0.1, -0.05) is 73.8 Å². The molecule has 0 bridgehead atoms. The van der Waals surface area contributed by atoms with E-state index >= 15 is 0 Å². The van der Waals surface area contributed by atoms with Crippen molar-refractivity contribution in [3.05, 3.63) is 103 Å². The molecule has 0 radical (unpaired) electrons. The predicted molar refractivity (Wildman–Crippen MR) is 128 cm³/mol. The zero-order valence-corrected chi connectivity index (χ0v) is 18.1. The Morgan fingerprint density at radius 3 is 1.60 bits per heavy atom. The molecule has 0 unspecified atom stereocenters. The third kappa shape index (κ3) is 2.85. The number of fused-ring (bicyclic) bond motifs is 2. The Hall–Kier alpha value is -3.61. The fourth-order valence-electron chi connectivity index (χ4n) is 4.49. The van der Waals surface area contributed by atoms with Gasteiger partial charge in [0.05, 0.1) is 11.6 Å².